The molecule has 0 spiro atoms. The molecule has 0 aliphatic heterocycles. The summed E-state index contributed by atoms with van der Waals surface area (Å²) in [5.74, 6) is 1.08. The Labute approximate surface area is 198 Å². The van der Waals surface area contributed by atoms with Crippen molar-refractivity contribution in [2.24, 2.45) is 0 Å². The van der Waals surface area contributed by atoms with Gasteiger partial charge in [-0.15, -0.1) is 0 Å². The van der Waals surface area contributed by atoms with E-state index in [0.29, 0.717) is 21.3 Å². The van der Waals surface area contributed by atoms with E-state index >= 15 is 0 Å². The van der Waals surface area contributed by atoms with Gasteiger partial charge in [-0.2, -0.15) is 0 Å². The van der Waals surface area contributed by atoms with Crippen molar-refractivity contribution in [3.63, 3.8) is 0 Å². The topological polar surface area (TPSA) is 80.3 Å². The van der Waals surface area contributed by atoms with Crippen LogP contribution in [0.25, 0.3) is 0 Å². The maximum Gasteiger partial charge on any atom is 1.00 e. The van der Waals surface area contributed by atoms with E-state index in [1.807, 2.05) is 0 Å². The molecule has 24 heavy (non-hydrogen) atoms. The second-order valence-corrected chi connectivity index (χ2v) is 8.49. The molecule has 0 radical (unpaired) electrons. The molecule has 0 fully saturated rings. The normalized spacial score (nSPS) is 12.6. The fraction of sp³-hybridized carbons (Fsp3) is 0.143. The maximum atomic E-state index is 11.1. The van der Waals surface area contributed by atoms with Gasteiger partial charge in [-0.05, 0) is 45.4 Å². The van der Waals surface area contributed by atoms with E-state index in [9.17, 15) is 17.5 Å². The zero-order valence-electron chi connectivity index (χ0n) is 13.3. The van der Waals surface area contributed by atoms with Gasteiger partial charge in [0.1, 0.15) is 0 Å². The zero-order chi connectivity index (χ0) is 15.9. The van der Waals surface area contributed by atoms with Crippen molar-refractivity contribution in [3.05, 3.63) is 59.7 Å². The van der Waals surface area contributed by atoms with E-state index < -0.39 is 22.2 Å². The molecule has 0 saturated heterocycles. The quantitative estimate of drug-likeness (QED) is 0.210. The molecule has 10 heteroatoms. The second kappa shape index (κ2) is 13.5. The Morgan fingerprint density at radius 1 is 0.708 bits per heavy atom. The molecule has 0 aliphatic rings. The minimum atomic E-state index is -2.25. The number of rotatable bonds is 7. The molecule has 0 N–H and O–H groups in total. The maximum absolute atomic E-state index is 11.1. The molecule has 0 bridgehead atoms. The second-order valence-electron chi connectivity index (χ2n) is 4.21. The Morgan fingerprint density at radius 3 is 1.38 bits per heavy atom. The smallest absolute Gasteiger partial charge is 0.768 e. The first-order chi connectivity index (χ1) is 10.6. The summed E-state index contributed by atoms with van der Waals surface area (Å²) >= 11 is -4.49. The summed E-state index contributed by atoms with van der Waals surface area (Å²) in [5, 5.41) is 0. The summed E-state index contributed by atoms with van der Waals surface area (Å²) in [5.41, 5.74) is 1.49. The summed E-state index contributed by atoms with van der Waals surface area (Å²) in [6, 6.07) is 13.7. The molecule has 0 aromatic heterocycles. The fourth-order valence-corrected chi connectivity index (χ4v) is 5.24. The van der Waals surface area contributed by atoms with Crippen molar-refractivity contribution in [2.45, 2.75) is 21.3 Å². The molecule has 2 rings (SSSR count). The molecule has 0 aliphatic carbocycles. The summed E-state index contributed by atoms with van der Waals surface area (Å²) in [4.78, 5) is 0.605. The molecular formula is C14H12Na2O4S4. The first kappa shape index (κ1) is 25.4. The molecule has 2 unspecified atom stereocenters. The van der Waals surface area contributed by atoms with Crippen LogP contribution in [-0.4, -0.2) is 17.5 Å². The van der Waals surface area contributed by atoms with Crippen LogP contribution in [0.5, 0.6) is 0 Å². The van der Waals surface area contributed by atoms with Gasteiger partial charge in [-0.25, -0.2) is 0 Å². The van der Waals surface area contributed by atoms with Crippen LogP contribution in [0.15, 0.2) is 58.3 Å². The van der Waals surface area contributed by atoms with Crippen LogP contribution < -0.4 is 59.1 Å². The monoisotopic (exact) mass is 418 g/mol. The van der Waals surface area contributed by atoms with Gasteiger partial charge in [0, 0.05) is 21.3 Å². The average Bonchev–Trinajstić information content (AvgIpc) is 2.52. The van der Waals surface area contributed by atoms with Gasteiger partial charge in [-0.1, -0.05) is 58.0 Å². The van der Waals surface area contributed by atoms with Crippen LogP contribution in [0.4, 0.5) is 0 Å². The minimum absolute atomic E-state index is 0. The Bertz CT molecular complexity index is 640. The Kier molecular flexibility index (Phi) is 14.3. The van der Waals surface area contributed by atoms with Gasteiger partial charge >= 0.3 is 59.1 Å². The third-order valence-corrected chi connectivity index (χ3v) is 6.56. The molecule has 2 aromatic rings. The SMILES string of the molecule is O=S([O-])c1ccccc1CSSCc1ccccc1S(=O)[O-].[Na+].[Na+]. The summed E-state index contributed by atoms with van der Waals surface area (Å²) in [6.45, 7) is 0. The van der Waals surface area contributed by atoms with Crippen molar-refractivity contribution >= 4 is 43.7 Å². The molecule has 0 heterocycles. The van der Waals surface area contributed by atoms with E-state index in [1.165, 1.54) is 21.6 Å². The molecule has 2 aromatic carbocycles. The van der Waals surface area contributed by atoms with Gasteiger partial charge < -0.3 is 9.11 Å². The number of hydrogen-bond acceptors (Lipinski definition) is 6. The van der Waals surface area contributed by atoms with Gasteiger partial charge in [0.25, 0.3) is 0 Å². The van der Waals surface area contributed by atoms with Crippen LogP contribution in [0, 0.1) is 0 Å². The fourth-order valence-electron chi connectivity index (χ4n) is 1.78. The van der Waals surface area contributed by atoms with Crippen molar-refractivity contribution < 1.29 is 76.6 Å². The van der Waals surface area contributed by atoms with Crippen LogP contribution in [-0.2, 0) is 33.7 Å². The van der Waals surface area contributed by atoms with E-state index in [4.69, 9.17) is 0 Å². The molecule has 118 valence electrons. The van der Waals surface area contributed by atoms with E-state index in [-0.39, 0.29) is 59.1 Å². The van der Waals surface area contributed by atoms with Crippen LogP contribution in [0.3, 0.4) is 0 Å². The standard InChI is InChI=1S/C14H14O4S4.2Na/c15-21(16)13-7-3-1-5-11(13)9-19-20-10-12-6-2-4-8-14(12)22(17)18;;/h1-8H,9-10H2,(H,15,16)(H,17,18);;/q;2*+1/p-2. The molecule has 0 amide bonds. The third kappa shape index (κ3) is 7.94. The predicted octanol–water partition coefficient (Wildman–Crippen LogP) is -2.75. The van der Waals surface area contributed by atoms with E-state index in [2.05, 4.69) is 0 Å². The Morgan fingerprint density at radius 2 is 1.04 bits per heavy atom. The summed E-state index contributed by atoms with van der Waals surface area (Å²) < 4.78 is 44.4. The number of hydrogen-bond donors (Lipinski definition) is 0. The Balaban J connectivity index is 0.00000264. The molecule has 0 saturated carbocycles. The first-order valence-corrected chi connectivity index (χ1v) is 10.8. The van der Waals surface area contributed by atoms with Crippen molar-refractivity contribution in [3.8, 4) is 0 Å². The molecular weight excluding hydrogens is 406 g/mol. The minimum Gasteiger partial charge on any atom is -0.768 e. The van der Waals surface area contributed by atoms with Gasteiger partial charge in [0.15, 0.2) is 0 Å². The molecule has 4 nitrogen and oxygen atoms in total. The van der Waals surface area contributed by atoms with Gasteiger partial charge in [0.05, 0.1) is 0 Å². The van der Waals surface area contributed by atoms with Gasteiger partial charge in [-0.3, -0.25) is 8.42 Å². The largest absolute Gasteiger partial charge is 1.00 e. The zero-order valence-corrected chi connectivity index (χ0v) is 20.6. The summed E-state index contributed by atoms with van der Waals surface area (Å²) in [7, 11) is 2.99. The van der Waals surface area contributed by atoms with Crippen molar-refractivity contribution in [1.29, 1.82) is 0 Å². The predicted molar refractivity (Wildman–Crippen MR) is 89.8 cm³/mol. The molecule has 2 atom stereocenters. The average molecular weight is 418 g/mol. The summed E-state index contributed by atoms with van der Waals surface area (Å²) in [6.07, 6.45) is 0. The third-order valence-electron chi connectivity index (χ3n) is 2.82. The van der Waals surface area contributed by atoms with Gasteiger partial charge in [0.2, 0.25) is 0 Å². The van der Waals surface area contributed by atoms with E-state index in [1.54, 1.807) is 48.5 Å². The number of benzene rings is 2. The van der Waals surface area contributed by atoms with Crippen LogP contribution in [0.1, 0.15) is 11.1 Å². The van der Waals surface area contributed by atoms with Crippen LogP contribution >= 0.6 is 21.6 Å². The van der Waals surface area contributed by atoms with Crippen molar-refractivity contribution in [1.82, 2.24) is 0 Å². The first-order valence-electron chi connectivity index (χ1n) is 6.18. The Hall–Kier alpha value is 1.36. The van der Waals surface area contributed by atoms with Crippen LogP contribution in [0.2, 0.25) is 0 Å². The van der Waals surface area contributed by atoms with E-state index in [0.717, 1.165) is 11.1 Å². The van der Waals surface area contributed by atoms with Crippen molar-refractivity contribution in [2.75, 3.05) is 0 Å².